The van der Waals surface area contributed by atoms with Crippen LogP contribution in [0.1, 0.15) is 13.3 Å². The highest BCUT2D eigenvalue weighted by Gasteiger charge is 2.36. The molecular formula is C13H25NO6Si. The molecule has 0 unspecified atom stereocenters. The molecule has 0 aliphatic carbocycles. The molecule has 0 aliphatic heterocycles. The van der Waals surface area contributed by atoms with Gasteiger partial charge in [-0.3, -0.25) is 4.79 Å². The molecule has 1 amide bonds. The van der Waals surface area contributed by atoms with Gasteiger partial charge in [0.15, 0.2) is 0 Å². The number of carbonyl (C=O) groups excluding carboxylic acids is 2. The zero-order valence-electron chi connectivity index (χ0n) is 13.1. The standard InChI is InChI=1S/C10H20O5Si.C3H5NO/c1-9(2)10(11)15-7-6-8-16(12-3,13-4)14-5;1-2-3(4)5/h1,6-8H2,2-5H3;2H,1H2,(H2,4,5). The average Bonchev–Trinajstić information content (AvgIpc) is 2.48. The van der Waals surface area contributed by atoms with E-state index in [1.165, 1.54) is 0 Å². The first-order valence-electron chi connectivity index (χ1n) is 6.18. The second-order valence-corrected chi connectivity index (χ2v) is 7.01. The molecule has 0 aromatic heterocycles. The lowest BCUT2D eigenvalue weighted by atomic mass is 10.4. The van der Waals surface area contributed by atoms with Crippen molar-refractivity contribution in [3.63, 3.8) is 0 Å². The van der Waals surface area contributed by atoms with Gasteiger partial charge in [-0.15, -0.1) is 0 Å². The normalized spacial score (nSPS) is 10.1. The fourth-order valence-electron chi connectivity index (χ4n) is 1.13. The molecular weight excluding hydrogens is 294 g/mol. The largest absolute Gasteiger partial charge is 0.500 e. The van der Waals surface area contributed by atoms with Crippen molar-refractivity contribution >= 4 is 20.7 Å². The van der Waals surface area contributed by atoms with E-state index in [1.807, 2.05) is 0 Å². The zero-order chi connectivity index (χ0) is 16.9. The topological polar surface area (TPSA) is 97.1 Å². The third kappa shape index (κ3) is 10.9. The van der Waals surface area contributed by atoms with Crippen molar-refractivity contribution < 1.29 is 27.6 Å². The lowest BCUT2D eigenvalue weighted by Crippen LogP contribution is -2.42. The lowest BCUT2D eigenvalue weighted by Gasteiger charge is -2.24. The molecule has 0 radical (unpaired) electrons. The molecule has 0 heterocycles. The summed E-state index contributed by atoms with van der Waals surface area (Å²) in [6.07, 6.45) is 1.70. The van der Waals surface area contributed by atoms with Gasteiger partial charge in [0, 0.05) is 32.9 Å². The summed E-state index contributed by atoms with van der Waals surface area (Å²) in [6.45, 7) is 8.50. The van der Waals surface area contributed by atoms with Gasteiger partial charge in [0.1, 0.15) is 0 Å². The number of nitrogens with two attached hydrogens (primary N) is 1. The maximum Gasteiger partial charge on any atom is 0.500 e. The Hall–Kier alpha value is -1.48. The fraction of sp³-hybridized carbons (Fsp3) is 0.538. The number of carbonyl (C=O) groups is 2. The molecule has 122 valence electrons. The van der Waals surface area contributed by atoms with E-state index in [9.17, 15) is 9.59 Å². The van der Waals surface area contributed by atoms with Gasteiger partial charge in [0.05, 0.1) is 6.61 Å². The second-order valence-electron chi connectivity index (χ2n) is 3.92. The van der Waals surface area contributed by atoms with Crippen molar-refractivity contribution in [2.75, 3.05) is 27.9 Å². The van der Waals surface area contributed by atoms with Crippen LogP contribution in [0.5, 0.6) is 0 Å². The van der Waals surface area contributed by atoms with E-state index in [0.717, 1.165) is 6.08 Å². The van der Waals surface area contributed by atoms with Crippen LogP contribution in [0.4, 0.5) is 0 Å². The molecule has 7 nitrogen and oxygen atoms in total. The van der Waals surface area contributed by atoms with E-state index >= 15 is 0 Å². The van der Waals surface area contributed by atoms with Gasteiger partial charge in [-0.25, -0.2) is 4.79 Å². The van der Waals surface area contributed by atoms with Crippen molar-refractivity contribution in [1.29, 1.82) is 0 Å². The predicted octanol–water partition coefficient (Wildman–Crippen LogP) is 1.03. The van der Waals surface area contributed by atoms with E-state index in [1.54, 1.807) is 28.3 Å². The van der Waals surface area contributed by atoms with Crippen molar-refractivity contribution in [2.45, 2.75) is 19.4 Å². The first kappa shape index (κ1) is 21.8. The summed E-state index contributed by atoms with van der Waals surface area (Å²) >= 11 is 0. The Bertz CT molecular complexity index is 346. The van der Waals surface area contributed by atoms with E-state index in [-0.39, 0.29) is 5.97 Å². The first-order chi connectivity index (χ1) is 9.78. The quantitative estimate of drug-likeness (QED) is 0.295. The fourth-order valence-corrected chi connectivity index (χ4v) is 2.82. The molecule has 0 saturated carbocycles. The highest BCUT2D eigenvalue weighted by molar-refractivity contribution is 6.60. The minimum absolute atomic E-state index is 0.316. The smallest absolute Gasteiger partial charge is 0.462 e. The Morgan fingerprint density at radius 1 is 1.19 bits per heavy atom. The molecule has 0 bridgehead atoms. The lowest BCUT2D eigenvalue weighted by molar-refractivity contribution is -0.139. The third-order valence-electron chi connectivity index (χ3n) is 2.34. The molecule has 0 spiro atoms. The van der Waals surface area contributed by atoms with Crippen molar-refractivity contribution in [2.24, 2.45) is 5.73 Å². The summed E-state index contributed by atoms with van der Waals surface area (Å²) in [4.78, 5) is 20.5. The summed E-state index contributed by atoms with van der Waals surface area (Å²) in [5.74, 6) is -0.857. The summed E-state index contributed by atoms with van der Waals surface area (Å²) in [7, 11) is 2.13. The highest BCUT2D eigenvalue weighted by atomic mass is 28.4. The number of hydrogen-bond acceptors (Lipinski definition) is 6. The Balaban J connectivity index is 0. The number of ether oxygens (including phenoxy) is 1. The van der Waals surface area contributed by atoms with Gasteiger partial charge in [-0.2, -0.15) is 0 Å². The van der Waals surface area contributed by atoms with Crippen molar-refractivity contribution in [3.05, 3.63) is 24.8 Å². The van der Waals surface area contributed by atoms with E-state index < -0.39 is 14.7 Å². The minimum atomic E-state index is -2.53. The molecule has 0 fully saturated rings. The van der Waals surface area contributed by atoms with Gasteiger partial charge in [0.25, 0.3) is 0 Å². The number of hydrogen-bond donors (Lipinski definition) is 1. The minimum Gasteiger partial charge on any atom is -0.462 e. The van der Waals surface area contributed by atoms with E-state index in [2.05, 4.69) is 18.9 Å². The van der Waals surface area contributed by atoms with Crippen molar-refractivity contribution in [1.82, 2.24) is 0 Å². The van der Waals surface area contributed by atoms with Crippen LogP contribution in [-0.4, -0.2) is 48.6 Å². The van der Waals surface area contributed by atoms with Gasteiger partial charge in [0.2, 0.25) is 5.91 Å². The van der Waals surface area contributed by atoms with Crippen LogP contribution in [0.25, 0.3) is 0 Å². The average molecular weight is 319 g/mol. The zero-order valence-corrected chi connectivity index (χ0v) is 14.1. The Morgan fingerprint density at radius 3 is 1.90 bits per heavy atom. The number of rotatable bonds is 9. The molecule has 0 aliphatic rings. The third-order valence-corrected chi connectivity index (χ3v) is 5.18. The number of primary amides is 1. The highest BCUT2D eigenvalue weighted by Crippen LogP contribution is 2.14. The second kappa shape index (κ2) is 12.3. The summed E-state index contributed by atoms with van der Waals surface area (Å²) in [6, 6.07) is 0.611. The Labute approximate surface area is 127 Å². The maximum atomic E-state index is 11.1. The molecule has 0 atom stereocenters. The molecule has 0 saturated heterocycles. The van der Waals surface area contributed by atoms with Gasteiger partial charge in [-0.05, 0) is 19.4 Å². The van der Waals surface area contributed by atoms with Crippen LogP contribution >= 0.6 is 0 Å². The van der Waals surface area contributed by atoms with Crippen LogP contribution in [0.2, 0.25) is 6.04 Å². The van der Waals surface area contributed by atoms with Crippen LogP contribution < -0.4 is 5.73 Å². The molecule has 8 heteroatoms. The molecule has 0 rings (SSSR count). The van der Waals surface area contributed by atoms with Crippen LogP contribution in [0.15, 0.2) is 24.8 Å². The predicted molar refractivity (Wildman–Crippen MR) is 81.4 cm³/mol. The number of amides is 1. The van der Waals surface area contributed by atoms with Crippen LogP contribution in [0, 0.1) is 0 Å². The molecule has 0 aromatic carbocycles. The molecule has 21 heavy (non-hydrogen) atoms. The maximum absolute atomic E-state index is 11.1. The Morgan fingerprint density at radius 2 is 1.62 bits per heavy atom. The molecule has 2 N–H and O–H groups in total. The van der Waals surface area contributed by atoms with E-state index in [4.69, 9.17) is 18.0 Å². The van der Waals surface area contributed by atoms with Gasteiger partial charge >= 0.3 is 14.8 Å². The SMILES string of the molecule is C=C(C)C(=O)OCCC[Si](OC)(OC)OC.C=CC(N)=O. The van der Waals surface area contributed by atoms with E-state index in [0.29, 0.717) is 24.6 Å². The van der Waals surface area contributed by atoms with Gasteiger partial charge < -0.3 is 23.7 Å². The summed E-state index contributed by atoms with van der Waals surface area (Å²) in [5, 5.41) is 0. The summed E-state index contributed by atoms with van der Waals surface area (Å²) in [5.41, 5.74) is 4.93. The van der Waals surface area contributed by atoms with Crippen molar-refractivity contribution in [3.8, 4) is 0 Å². The van der Waals surface area contributed by atoms with Crippen LogP contribution in [0.3, 0.4) is 0 Å². The monoisotopic (exact) mass is 319 g/mol. The number of esters is 1. The Kier molecular flexibility index (Phi) is 12.7. The van der Waals surface area contributed by atoms with Gasteiger partial charge in [-0.1, -0.05) is 13.2 Å². The first-order valence-corrected chi connectivity index (χ1v) is 8.11. The van der Waals surface area contributed by atoms with Crippen LogP contribution in [-0.2, 0) is 27.6 Å². The summed E-state index contributed by atoms with van der Waals surface area (Å²) < 4.78 is 20.6. The molecule has 0 aromatic rings.